The van der Waals surface area contributed by atoms with Crippen LogP contribution >= 0.6 is 0 Å². The van der Waals surface area contributed by atoms with Crippen LogP contribution in [-0.2, 0) is 16.2 Å². The smallest absolute Gasteiger partial charge is 0.137 e. The number of ether oxygens (including phenoxy) is 1. The highest BCUT2D eigenvalue weighted by molar-refractivity contribution is 6.09. The van der Waals surface area contributed by atoms with Gasteiger partial charge in [0.25, 0.3) is 0 Å². The Morgan fingerprint density at radius 2 is 1.05 bits per heavy atom. The fourth-order valence-electron chi connectivity index (χ4n) is 8.96. The highest BCUT2D eigenvalue weighted by Gasteiger charge is 2.30. The van der Waals surface area contributed by atoms with Crippen LogP contribution < -0.4 is 14.5 Å². The van der Waals surface area contributed by atoms with Crippen molar-refractivity contribution in [2.75, 3.05) is 16.5 Å². The van der Waals surface area contributed by atoms with Crippen LogP contribution in [0, 0.1) is 0 Å². The number of allylic oxidation sites excluding steroid dienone is 2. The van der Waals surface area contributed by atoms with Gasteiger partial charge in [0.2, 0.25) is 0 Å². The standard InChI is InChI=1S/C56H56N4O/c1-38-39(2)59(37-58(38)45-24-18-23-42(31-45)54(3,4)5)46-32-44(56(8,9)41-21-14-11-15-22-41)33-48(35-46)61-47-27-28-50-49-25-16-17-26-51(49)60(52(50)36-47)53-34-43(29-30-57-53)55(6,7)40-19-12-10-13-20-40/h10-36H,37H2,1-9H3. The number of fused-ring (bicyclic) bond motifs is 3. The van der Waals surface area contributed by atoms with Crippen LogP contribution in [0.1, 0.15) is 90.1 Å². The first kappa shape index (κ1) is 39.8. The molecule has 3 heterocycles. The van der Waals surface area contributed by atoms with Gasteiger partial charge in [-0.1, -0.05) is 139 Å². The van der Waals surface area contributed by atoms with Crippen LogP contribution in [-0.4, -0.2) is 16.2 Å². The molecule has 0 saturated heterocycles. The van der Waals surface area contributed by atoms with E-state index in [4.69, 9.17) is 9.72 Å². The molecular formula is C56H56N4O. The maximum absolute atomic E-state index is 7.02. The summed E-state index contributed by atoms with van der Waals surface area (Å²) in [7, 11) is 0. The second-order valence-corrected chi connectivity index (χ2v) is 18.7. The van der Waals surface area contributed by atoms with E-state index in [0.29, 0.717) is 6.67 Å². The van der Waals surface area contributed by atoms with E-state index < -0.39 is 0 Å². The SMILES string of the molecule is CC1=C(C)N(c2cc(Oc3ccc4c5ccccc5n(-c5cc(C(C)(C)c6ccccc6)ccn5)c4c3)cc(C(C)(C)c3ccccc3)c2)CN1c1cccc(C(C)(C)C)c1. The summed E-state index contributed by atoms with van der Waals surface area (Å²) in [6, 6.07) is 56.7. The van der Waals surface area contributed by atoms with Gasteiger partial charge < -0.3 is 14.5 Å². The number of rotatable bonds is 9. The van der Waals surface area contributed by atoms with E-state index >= 15 is 0 Å². The highest BCUT2D eigenvalue weighted by atomic mass is 16.5. The Morgan fingerprint density at radius 3 is 1.74 bits per heavy atom. The average molecular weight is 801 g/mol. The number of aromatic nitrogens is 2. The second kappa shape index (κ2) is 15.1. The molecule has 6 aromatic carbocycles. The summed E-state index contributed by atoms with van der Waals surface area (Å²) < 4.78 is 9.30. The minimum Gasteiger partial charge on any atom is -0.457 e. The molecule has 0 radical (unpaired) electrons. The molecule has 2 aromatic heterocycles. The summed E-state index contributed by atoms with van der Waals surface area (Å²) in [6.45, 7) is 21.2. The molecule has 8 aromatic rings. The van der Waals surface area contributed by atoms with E-state index in [1.165, 1.54) is 50.3 Å². The van der Waals surface area contributed by atoms with E-state index in [2.05, 4.69) is 234 Å². The minimum atomic E-state index is -0.289. The summed E-state index contributed by atoms with van der Waals surface area (Å²) in [4.78, 5) is 9.84. The Bertz CT molecular complexity index is 2930. The molecule has 0 bridgehead atoms. The molecule has 306 valence electrons. The molecule has 0 fully saturated rings. The van der Waals surface area contributed by atoms with Crippen molar-refractivity contribution < 1.29 is 4.74 Å². The Labute approximate surface area is 361 Å². The lowest BCUT2D eigenvalue weighted by Gasteiger charge is -2.30. The lowest BCUT2D eigenvalue weighted by Crippen LogP contribution is -2.28. The fraction of sp³-hybridized carbons (Fsp3) is 0.232. The van der Waals surface area contributed by atoms with E-state index in [9.17, 15) is 0 Å². The number of pyridine rings is 1. The van der Waals surface area contributed by atoms with Gasteiger partial charge in [0, 0.05) is 62.7 Å². The zero-order valence-electron chi connectivity index (χ0n) is 37.0. The minimum absolute atomic E-state index is 0.0584. The van der Waals surface area contributed by atoms with Gasteiger partial charge in [0.05, 0.1) is 17.7 Å². The molecular weight excluding hydrogens is 745 g/mol. The molecule has 1 aliphatic rings. The molecule has 0 amide bonds. The summed E-state index contributed by atoms with van der Waals surface area (Å²) in [5, 5.41) is 2.33. The van der Waals surface area contributed by atoms with E-state index in [0.717, 1.165) is 39.4 Å². The number of hydrogen-bond donors (Lipinski definition) is 0. The molecule has 1 aliphatic heterocycles. The van der Waals surface area contributed by atoms with Gasteiger partial charge in [-0.2, -0.15) is 0 Å². The van der Waals surface area contributed by atoms with Crippen LogP contribution in [0.3, 0.4) is 0 Å². The molecule has 0 unspecified atom stereocenters. The molecule has 61 heavy (non-hydrogen) atoms. The fourth-order valence-corrected chi connectivity index (χ4v) is 8.96. The van der Waals surface area contributed by atoms with Crippen LogP contribution in [0.4, 0.5) is 11.4 Å². The van der Waals surface area contributed by atoms with Crippen LogP contribution in [0.25, 0.3) is 27.6 Å². The molecule has 9 rings (SSSR count). The molecule has 0 N–H and O–H groups in total. The van der Waals surface area contributed by atoms with Crippen molar-refractivity contribution in [3.63, 3.8) is 0 Å². The van der Waals surface area contributed by atoms with Gasteiger partial charge in [0.15, 0.2) is 0 Å². The first-order valence-corrected chi connectivity index (χ1v) is 21.5. The van der Waals surface area contributed by atoms with Crippen LogP contribution in [0.5, 0.6) is 11.5 Å². The zero-order chi connectivity index (χ0) is 42.7. The molecule has 0 spiro atoms. The normalized spacial score (nSPS) is 13.8. The quantitative estimate of drug-likeness (QED) is 0.146. The maximum atomic E-state index is 7.02. The predicted octanol–water partition coefficient (Wildman–Crippen LogP) is 14.5. The van der Waals surface area contributed by atoms with Crippen molar-refractivity contribution in [3.8, 4) is 17.3 Å². The van der Waals surface area contributed by atoms with Gasteiger partial charge >= 0.3 is 0 Å². The van der Waals surface area contributed by atoms with Crippen LogP contribution in [0.15, 0.2) is 175 Å². The van der Waals surface area contributed by atoms with Crippen molar-refractivity contribution in [2.45, 2.75) is 78.6 Å². The Morgan fingerprint density at radius 1 is 0.459 bits per heavy atom. The largest absolute Gasteiger partial charge is 0.457 e. The monoisotopic (exact) mass is 800 g/mol. The summed E-state index contributed by atoms with van der Waals surface area (Å²) in [6.07, 6.45) is 1.94. The van der Waals surface area contributed by atoms with Crippen molar-refractivity contribution in [3.05, 3.63) is 203 Å². The number of hydrogen-bond acceptors (Lipinski definition) is 4. The Balaban J connectivity index is 1.14. The predicted molar refractivity (Wildman–Crippen MR) is 256 cm³/mol. The first-order chi connectivity index (χ1) is 29.2. The lowest BCUT2D eigenvalue weighted by molar-refractivity contribution is 0.480. The molecule has 0 atom stereocenters. The van der Waals surface area contributed by atoms with Gasteiger partial charge in [-0.15, -0.1) is 0 Å². The number of nitrogens with zero attached hydrogens (tertiary/aromatic N) is 4. The Kier molecular flexibility index (Phi) is 9.90. The summed E-state index contributed by atoms with van der Waals surface area (Å²) in [5.41, 5.74) is 12.7. The third-order valence-corrected chi connectivity index (χ3v) is 13.1. The highest BCUT2D eigenvalue weighted by Crippen LogP contribution is 2.43. The number of benzene rings is 6. The van der Waals surface area contributed by atoms with Crippen molar-refractivity contribution in [1.82, 2.24) is 9.55 Å². The third-order valence-electron chi connectivity index (χ3n) is 13.1. The Hall–Kier alpha value is -6.59. The summed E-state index contributed by atoms with van der Waals surface area (Å²) in [5.74, 6) is 2.44. The van der Waals surface area contributed by atoms with Gasteiger partial charge in [-0.3, -0.25) is 4.57 Å². The van der Waals surface area contributed by atoms with Crippen molar-refractivity contribution in [1.29, 1.82) is 0 Å². The van der Waals surface area contributed by atoms with Crippen LogP contribution in [0.2, 0.25) is 0 Å². The molecule has 0 saturated carbocycles. The summed E-state index contributed by atoms with van der Waals surface area (Å²) >= 11 is 0. The van der Waals surface area contributed by atoms with Gasteiger partial charge in [-0.05, 0) is 102 Å². The third kappa shape index (κ3) is 7.26. The molecule has 0 aliphatic carbocycles. The topological polar surface area (TPSA) is 33.5 Å². The maximum Gasteiger partial charge on any atom is 0.137 e. The van der Waals surface area contributed by atoms with E-state index in [-0.39, 0.29) is 16.2 Å². The number of anilines is 2. The zero-order valence-corrected chi connectivity index (χ0v) is 37.0. The van der Waals surface area contributed by atoms with E-state index in [1.807, 2.05) is 6.20 Å². The van der Waals surface area contributed by atoms with Gasteiger partial charge in [-0.25, -0.2) is 4.98 Å². The van der Waals surface area contributed by atoms with Crippen molar-refractivity contribution >= 4 is 33.2 Å². The second-order valence-electron chi connectivity index (χ2n) is 18.7. The average Bonchev–Trinajstić information content (AvgIpc) is 3.76. The van der Waals surface area contributed by atoms with Gasteiger partial charge in [0.1, 0.15) is 17.3 Å². The first-order valence-electron chi connectivity index (χ1n) is 21.5. The lowest BCUT2D eigenvalue weighted by atomic mass is 9.78. The molecule has 5 nitrogen and oxygen atoms in total. The van der Waals surface area contributed by atoms with E-state index in [1.54, 1.807) is 0 Å². The number of para-hydroxylation sites is 1. The van der Waals surface area contributed by atoms with Crippen molar-refractivity contribution in [2.24, 2.45) is 0 Å². The molecule has 5 heteroatoms.